The first-order valence-electron chi connectivity index (χ1n) is 14.0. The maximum Gasteiger partial charge on any atom is 0.336 e. The molecule has 2 bridgehead atoms. The number of unbranched alkanes of at least 4 members (excludes halogenated alkanes) is 1. The lowest BCUT2D eigenvalue weighted by atomic mass is 9.85. The molecule has 7 rings (SSSR count). The summed E-state index contributed by atoms with van der Waals surface area (Å²) in [5.74, 6) is 1.12. The average Bonchev–Trinajstić information content (AvgIpc) is 3.59. The van der Waals surface area contributed by atoms with Gasteiger partial charge in [0.05, 0.1) is 19.8 Å². The van der Waals surface area contributed by atoms with Crippen molar-refractivity contribution in [2.45, 2.75) is 62.9 Å². The molecule has 4 heterocycles. The first-order chi connectivity index (χ1) is 18.2. The van der Waals surface area contributed by atoms with Crippen molar-refractivity contribution >= 4 is 11.7 Å². The van der Waals surface area contributed by atoms with Gasteiger partial charge in [-0.2, -0.15) is 0 Å². The highest BCUT2D eigenvalue weighted by molar-refractivity contribution is 5.88. The van der Waals surface area contributed by atoms with Gasteiger partial charge in [0.1, 0.15) is 11.9 Å². The molecule has 2 atom stereocenters. The van der Waals surface area contributed by atoms with E-state index < -0.39 is 5.54 Å². The number of ether oxygens (including phenoxy) is 4. The van der Waals surface area contributed by atoms with Crippen LogP contribution in [0.15, 0.2) is 48.5 Å². The van der Waals surface area contributed by atoms with Gasteiger partial charge in [-0.25, -0.2) is 4.79 Å². The number of anilines is 1. The Kier molecular flexibility index (Phi) is 7.36. The van der Waals surface area contributed by atoms with Gasteiger partial charge in [-0.15, -0.1) is 0 Å². The molecule has 1 unspecified atom stereocenters. The molecule has 7 heteroatoms. The lowest BCUT2D eigenvalue weighted by Crippen LogP contribution is -2.54. The van der Waals surface area contributed by atoms with Gasteiger partial charge >= 0.3 is 5.97 Å². The molecule has 2 aromatic rings. The molecule has 5 aliphatic rings. The summed E-state index contributed by atoms with van der Waals surface area (Å²) in [5, 5.41) is 3.62. The summed E-state index contributed by atoms with van der Waals surface area (Å²) < 4.78 is 23.4. The van der Waals surface area contributed by atoms with Gasteiger partial charge in [0.15, 0.2) is 11.8 Å². The van der Waals surface area contributed by atoms with E-state index in [-0.39, 0.29) is 18.4 Å². The van der Waals surface area contributed by atoms with E-state index in [0.717, 1.165) is 75.2 Å². The predicted molar refractivity (Wildman–Crippen MR) is 141 cm³/mol. The smallest absolute Gasteiger partial charge is 0.336 e. The summed E-state index contributed by atoms with van der Waals surface area (Å²) in [6.45, 7) is 5.13. The normalized spacial score (nSPS) is 28.7. The van der Waals surface area contributed by atoms with E-state index in [9.17, 15) is 4.79 Å². The number of benzene rings is 2. The minimum Gasteiger partial charge on any atom is -0.494 e. The number of carbonyl (C=O) groups is 1. The highest BCUT2D eigenvalue weighted by Crippen LogP contribution is 2.42. The van der Waals surface area contributed by atoms with E-state index in [2.05, 4.69) is 22.3 Å². The maximum absolute atomic E-state index is 14.0. The Morgan fingerprint density at radius 2 is 1.89 bits per heavy atom. The largest absolute Gasteiger partial charge is 0.494 e. The highest BCUT2D eigenvalue weighted by atomic mass is 16.7. The van der Waals surface area contributed by atoms with Gasteiger partial charge in [0.25, 0.3) is 0 Å². The van der Waals surface area contributed by atoms with Crippen LogP contribution in [0.2, 0.25) is 0 Å². The molecule has 0 amide bonds. The summed E-state index contributed by atoms with van der Waals surface area (Å²) >= 11 is 0. The van der Waals surface area contributed by atoms with Crippen LogP contribution in [-0.4, -0.2) is 62.7 Å². The molecular weight excluding hydrogens is 468 g/mol. The van der Waals surface area contributed by atoms with Crippen molar-refractivity contribution in [3.63, 3.8) is 0 Å². The topological polar surface area (TPSA) is 69.3 Å². The first-order valence-corrected chi connectivity index (χ1v) is 14.0. The molecular formula is C30H38N2O5. The number of rotatable bonds is 10. The number of hydrogen-bond acceptors (Lipinski definition) is 7. The standard InChI is InChI=1S/C30H38N2O5/c33-29(37-27-21-32-15-12-23(27)13-16-32)30(14-11-22-6-1-2-9-26(22)30)31-24-7-5-8-25(20-24)34-17-4-3-10-28-35-18-19-36-28/h1-2,5-9,20,23,27-28,31H,3-4,10-19,21H2/t27-,30?/m0/s1. The summed E-state index contributed by atoms with van der Waals surface area (Å²) in [6, 6.07) is 16.2. The van der Waals surface area contributed by atoms with Crippen LogP contribution >= 0.6 is 0 Å². The van der Waals surface area contributed by atoms with Crippen LogP contribution in [0.4, 0.5) is 5.69 Å². The third-order valence-electron chi connectivity index (χ3n) is 8.44. The minimum atomic E-state index is -0.886. The van der Waals surface area contributed by atoms with Crippen LogP contribution in [0, 0.1) is 5.92 Å². The molecule has 37 heavy (non-hydrogen) atoms. The van der Waals surface area contributed by atoms with Crippen molar-refractivity contribution in [1.82, 2.24) is 4.90 Å². The van der Waals surface area contributed by atoms with Crippen molar-refractivity contribution in [1.29, 1.82) is 0 Å². The van der Waals surface area contributed by atoms with Gasteiger partial charge in [0.2, 0.25) is 0 Å². The molecule has 0 saturated carbocycles. The minimum absolute atomic E-state index is 0.0175. The lowest BCUT2D eigenvalue weighted by molar-refractivity contribution is -0.164. The second-order valence-corrected chi connectivity index (χ2v) is 10.8. The van der Waals surface area contributed by atoms with Crippen LogP contribution in [0.3, 0.4) is 0 Å². The molecule has 1 N–H and O–H groups in total. The summed E-state index contributed by atoms with van der Waals surface area (Å²) in [6.07, 6.45) is 6.53. The van der Waals surface area contributed by atoms with Crippen LogP contribution in [0.25, 0.3) is 0 Å². The second-order valence-electron chi connectivity index (χ2n) is 10.8. The highest BCUT2D eigenvalue weighted by Gasteiger charge is 2.49. The van der Waals surface area contributed by atoms with E-state index >= 15 is 0 Å². The van der Waals surface area contributed by atoms with Crippen molar-refractivity contribution in [3.05, 3.63) is 59.7 Å². The van der Waals surface area contributed by atoms with Crippen LogP contribution in [0.5, 0.6) is 5.75 Å². The summed E-state index contributed by atoms with van der Waals surface area (Å²) in [4.78, 5) is 16.4. The Balaban J connectivity index is 1.13. The maximum atomic E-state index is 14.0. The Morgan fingerprint density at radius 1 is 1.05 bits per heavy atom. The monoisotopic (exact) mass is 506 g/mol. The Bertz CT molecular complexity index is 1080. The number of carbonyl (C=O) groups excluding carboxylic acids is 1. The molecule has 7 nitrogen and oxygen atoms in total. The molecule has 2 aromatic carbocycles. The lowest BCUT2D eigenvalue weighted by Gasteiger charge is -2.45. The van der Waals surface area contributed by atoms with E-state index in [1.165, 1.54) is 5.56 Å². The molecule has 4 saturated heterocycles. The molecule has 4 aliphatic heterocycles. The number of piperidine rings is 3. The molecule has 0 radical (unpaired) electrons. The van der Waals surface area contributed by atoms with Crippen LogP contribution in [0.1, 0.15) is 49.7 Å². The number of aryl methyl sites for hydroxylation is 1. The molecule has 198 valence electrons. The number of fused-ring (bicyclic) bond motifs is 4. The number of nitrogens with zero attached hydrogens (tertiary/aromatic N) is 1. The molecule has 0 aromatic heterocycles. The van der Waals surface area contributed by atoms with E-state index in [4.69, 9.17) is 18.9 Å². The number of nitrogens with one attached hydrogen (secondary N) is 1. The Labute approximate surface area is 219 Å². The molecule has 0 spiro atoms. The Morgan fingerprint density at radius 3 is 2.70 bits per heavy atom. The van der Waals surface area contributed by atoms with Crippen molar-refractivity contribution in [2.24, 2.45) is 5.92 Å². The van der Waals surface area contributed by atoms with Crippen molar-refractivity contribution < 1.29 is 23.7 Å². The summed E-state index contributed by atoms with van der Waals surface area (Å²) in [7, 11) is 0. The zero-order chi connectivity index (χ0) is 25.1. The fourth-order valence-corrected chi connectivity index (χ4v) is 6.37. The van der Waals surface area contributed by atoms with Gasteiger partial charge in [0, 0.05) is 18.3 Å². The quantitative estimate of drug-likeness (QED) is 0.376. The SMILES string of the molecule is O=C(O[C@H]1CN2CCC1CC2)C1(Nc2cccc(OCCCCC3OCCO3)c2)CCc2ccccc21. The zero-order valence-corrected chi connectivity index (χ0v) is 21.5. The van der Waals surface area contributed by atoms with Crippen molar-refractivity contribution in [3.8, 4) is 5.75 Å². The van der Waals surface area contributed by atoms with Crippen LogP contribution in [-0.2, 0) is 31.0 Å². The van der Waals surface area contributed by atoms with Gasteiger partial charge in [-0.05, 0) is 87.2 Å². The third-order valence-corrected chi connectivity index (χ3v) is 8.44. The van der Waals surface area contributed by atoms with Gasteiger partial charge in [-0.1, -0.05) is 30.3 Å². The van der Waals surface area contributed by atoms with E-state index in [1.54, 1.807) is 0 Å². The predicted octanol–water partition coefficient (Wildman–Crippen LogP) is 4.50. The van der Waals surface area contributed by atoms with Crippen molar-refractivity contribution in [2.75, 3.05) is 44.8 Å². The number of hydrogen-bond donors (Lipinski definition) is 1. The molecule has 4 fully saturated rings. The summed E-state index contributed by atoms with van der Waals surface area (Å²) in [5.41, 5.74) is 2.22. The van der Waals surface area contributed by atoms with Crippen LogP contribution < -0.4 is 10.1 Å². The van der Waals surface area contributed by atoms with Gasteiger partial charge in [-0.3, -0.25) is 4.90 Å². The first kappa shape index (κ1) is 24.7. The fourth-order valence-electron chi connectivity index (χ4n) is 6.37. The van der Waals surface area contributed by atoms with E-state index in [1.807, 2.05) is 36.4 Å². The average molecular weight is 507 g/mol. The molecule has 1 aliphatic carbocycles. The van der Waals surface area contributed by atoms with E-state index in [0.29, 0.717) is 32.2 Å². The third kappa shape index (κ3) is 5.35. The zero-order valence-electron chi connectivity index (χ0n) is 21.5. The fraction of sp³-hybridized carbons (Fsp3) is 0.567. The van der Waals surface area contributed by atoms with Gasteiger partial charge < -0.3 is 24.3 Å². The number of esters is 1. The Hall–Kier alpha value is -2.61. The second kappa shape index (κ2) is 11.0.